The molecule has 0 amide bonds. The average molecular weight is 318 g/mol. The van der Waals surface area contributed by atoms with Crippen LogP contribution < -0.4 is 0 Å². The molecule has 1 heterocycles. The van der Waals surface area contributed by atoms with Crippen LogP contribution in [0.5, 0.6) is 0 Å². The Hall–Kier alpha value is -1.91. The molecule has 3 aromatic rings. The van der Waals surface area contributed by atoms with E-state index < -0.39 is 0 Å². The zero-order chi connectivity index (χ0) is 14.8. The van der Waals surface area contributed by atoms with Crippen molar-refractivity contribution in [1.82, 2.24) is 4.98 Å². The Labute approximate surface area is 131 Å². The maximum Gasteiger partial charge on any atom is 0.350 e. The normalized spacial score (nSPS) is 10.8. The van der Waals surface area contributed by atoms with Crippen molar-refractivity contribution in [2.75, 3.05) is 6.61 Å². The molecule has 0 radical (unpaired) electrons. The minimum Gasteiger partial charge on any atom is -0.462 e. The number of ether oxygens (including phenoxy) is 1. The number of carbonyl (C=O) groups excluding carboxylic acids is 1. The Morgan fingerprint density at radius 1 is 1.24 bits per heavy atom. The first-order chi connectivity index (χ1) is 10.2. The first-order valence-electron chi connectivity index (χ1n) is 6.52. The predicted octanol–water partition coefficient (Wildman–Crippen LogP) is 4.79. The van der Waals surface area contributed by atoms with Crippen LogP contribution in [0, 0.1) is 0 Å². The summed E-state index contributed by atoms with van der Waals surface area (Å²) in [6.07, 6.45) is 0. The minimum absolute atomic E-state index is 0.323. The second-order valence-electron chi connectivity index (χ2n) is 4.39. The SMILES string of the molecule is CCOC(=O)c1sc(Cl)nc1-c1cccc2ccccc12. The summed E-state index contributed by atoms with van der Waals surface area (Å²) in [4.78, 5) is 16.8. The number of rotatable bonds is 3. The first kappa shape index (κ1) is 14.0. The molecule has 0 aliphatic carbocycles. The van der Waals surface area contributed by atoms with Gasteiger partial charge in [-0.1, -0.05) is 65.4 Å². The summed E-state index contributed by atoms with van der Waals surface area (Å²) in [6, 6.07) is 13.9. The van der Waals surface area contributed by atoms with Crippen LogP contribution in [-0.2, 0) is 4.74 Å². The van der Waals surface area contributed by atoms with E-state index in [1.54, 1.807) is 6.92 Å². The summed E-state index contributed by atoms with van der Waals surface area (Å²) < 4.78 is 5.42. The summed E-state index contributed by atoms with van der Waals surface area (Å²) in [5.74, 6) is -0.384. The van der Waals surface area contributed by atoms with Gasteiger partial charge in [-0.2, -0.15) is 0 Å². The molecule has 3 nitrogen and oxygen atoms in total. The fourth-order valence-corrected chi connectivity index (χ4v) is 3.26. The number of thiazole rings is 1. The predicted molar refractivity (Wildman–Crippen MR) is 86.0 cm³/mol. The number of fused-ring (bicyclic) bond motifs is 1. The van der Waals surface area contributed by atoms with E-state index in [-0.39, 0.29) is 5.97 Å². The van der Waals surface area contributed by atoms with Gasteiger partial charge in [0.1, 0.15) is 4.88 Å². The van der Waals surface area contributed by atoms with Crippen molar-refractivity contribution in [3.63, 3.8) is 0 Å². The van der Waals surface area contributed by atoms with Gasteiger partial charge >= 0.3 is 5.97 Å². The van der Waals surface area contributed by atoms with Crippen molar-refractivity contribution in [1.29, 1.82) is 0 Å². The molecule has 0 aliphatic heterocycles. The Morgan fingerprint density at radius 3 is 2.81 bits per heavy atom. The van der Waals surface area contributed by atoms with Crippen molar-refractivity contribution in [2.24, 2.45) is 0 Å². The van der Waals surface area contributed by atoms with Gasteiger partial charge in [-0.25, -0.2) is 9.78 Å². The number of carbonyl (C=O) groups is 1. The summed E-state index contributed by atoms with van der Waals surface area (Å²) in [7, 11) is 0. The van der Waals surface area contributed by atoms with Gasteiger partial charge in [0.15, 0.2) is 4.47 Å². The minimum atomic E-state index is -0.384. The highest BCUT2D eigenvalue weighted by Crippen LogP contribution is 2.35. The second-order valence-corrected chi connectivity index (χ2v) is 5.97. The van der Waals surface area contributed by atoms with Gasteiger partial charge in [-0.3, -0.25) is 0 Å². The van der Waals surface area contributed by atoms with Gasteiger partial charge < -0.3 is 4.74 Å². The van der Waals surface area contributed by atoms with Crippen molar-refractivity contribution in [3.05, 3.63) is 51.8 Å². The molecule has 0 fully saturated rings. The lowest BCUT2D eigenvalue weighted by Gasteiger charge is -2.06. The number of nitrogens with zero attached hydrogens (tertiary/aromatic N) is 1. The Morgan fingerprint density at radius 2 is 2.00 bits per heavy atom. The smallest absolute Gasteiger partial charge is 0.350 e. The van der Waals surface area contributed by atoms with Gasteiger partial charge in [0.2, 0.25) is 0 Å². The van der Waals surface area contributed by atoms with Crippen molar-refractivity contribution < 1.29 is 9.53 Å². The third-order valence-electron chi connectivity index (χ3n) is 3.11. The van der Waals surface area contributed by atoms with Crippen LogP contribution in [0.15, 0.2) is 42.5 Å². The van der Waals surface area contributed by atoms with Gasteiger partial charge in [0, 0.05) is 5.56 Å². The molecule has 0 unspecified atom stereocenters. The maximum absolute atomic E-state index is 12.1. The van der Waals surface area contributed by atoms with E-state index in [0.29, 0.717) is 21.6 Å². The van der Waals surface area contributed by atoms with Crippen molar-refractivity contribution >= 4 is 39.7 Å². The third-order valence-corrected chi connectivity index (χ3v) is 4.25. The van der Waals surface area contributed by atoms with Gasteiger partial charge in [0.25, 0.3) is 0 Å². The molecule has 0 saturated heterocycles. The molecular weight excluding hydrogens is 306 g/mol. The highest BCUT2D eigenvalue weighted by molar-refractivity contribution is 7.18. The van der Waals surface area contributed by atoms with E-state index in [0.717, 1.165) is 27.7 Å². The molecule has 2 aromatic carbocycles. The van der Waals surface area contributed by atoms with Crippen LogP contribution >= 0.6 is 22.9 Å². The molecule has 5 heteroatoms. The zero-order valence-corrected chi connectivity index (χ0v) is 12.9. The van der Waals surface area contributed by atoms with Crippen LogP contribution in [0.25, 0.3) is 22.0 Å². The first-order valence-corrected chi connectivity index (χ1v) is 7.71. The molecule has 0 atom stereocenters. The van der Waals surface area contributed by atoms with Gasteiger partial charge in [-0.05, 0) is 17.7 Å². The monoisotopic (exact) mass is 317 g/mol. The number of benzene rings is 2. The molecule has 0 saturated carbocycles. The summed E-state index contributed by atoms with van der Waals surface area (Å²) in [5, 5.41) is 2.13. The quantitative estimate of drug-likeness (QED) is 0.652. The summed E-state index contributed by atoms with van der Waals surface area (Å²) in [5.41, 5.74) is 1.47. The van der Waals surface area contributed by atoms with E-state index in [1.165, 1.54) is 0 Å². The number of halogens is 1. The average Bonchev–Trinajstić information content (AvgIpc) is 2.89. The number of hydrogen-bond donors (Lipinski definition) is 0. The molecule has 0 spiro atoms. The van der Waals surface area contributed by atoms with Gasteiger partial charge in [0.05, 0.1) is 12.3 Å². The molecule has 0 aliphatic rings. The van der Waals surface area contributed by atoms with Crippen LogP contribution in [0.3, 0.4) is 0 Å². The van der Waals surface area contributed by atoms with Gasteiger partial charge in [-0.15, -0.1) is 0 Å². The van der Waals surface area contributed by atoms with Crippen molar-refractivity contribution in [2.45, 2.75) is 6.92 Å². The maximum atomic E-state index is 12.1. The lowest BCUT2D eigenvalue weighted by Crippen LogP contribution is -2.04. The molecule has 0 N–H and O–H groups in total. The molecule has 106 valence electrons. The van der Waals surface area contributed by atoms with Crippen LogP contribution in [-0.4, -0.2) is 17.6 Å². The molecular formula is C16H12ClNO2S. The van der Waals surface area contributed by atoms with E-state index in [9.17, 15) is 4.79 Å². The zero-order valence-electron chi connectivity index (χ0n) is 11.3. The highest BCUT2D eigenvalue weighted by atomic mass is 35.5. The lowest BCUT2D eigenvalue weighted by molar-refractivity contribution is 0.0532. The standard InChI is InChI=1S/C16H12ClNO2S/c1-2-20-15(19)14-13(18-16(17)21-14)12-9-5-7-10-6-3-4-8-11(10)12/h3-9H,2H2,1H3. The van der Waals surface area contributed by atoms with Crippen molar-refractivity contribution in [3.8, 4) is 11.3 Å². The topological polar surface area (TPSA) is 39.2 Å². The number of esters is 1. The number of hydrogen-bond acceptors (Lipinski definition) is 4. The van der Waals surface area contributed by atoms with E-state index in [2.05, 4.69) is 4.98 Å². The number of aromatic nitrogens is 1. The lowest BCUT2D eigenvalue weighted by atomic mass is 10.0. The van der Waals surface area contributed by atoms with Crippen LogP contribution in [0.4, 0.5) is 0 Å². The second kappa shape index (κ2) is 5.84. The van der Waals surface area contributed by atoms with Crippen LogP contribution in [0.1, 0.15) is 16.6 Å². The summed E-state index contributed by atoms with van der Waals surface area (Å²) >= 11 is 7.16. The van der Waals surface area contributed by atoms with Crippen LogP contribution in [0.2, 0.25) is 4.47 Å². The largest absolute Gasteiger partial charge is 0.462 e. The molecule has 0 bridgehead atoms. The van der Waals surface area contributed by atoms with E-state index in [4.69, 9.17) is 16.3 Å². The highest BCUT2D eigenvalue weighted by Gasteiger charge is 2.21. The molecule has 21 heavy (non-hydrogen) atoms. The Bertz CT molecular complexity index is 808. The Balaban J connectivity index is 2.21. The fourth-order valence-electron chi connectivity index (χ4n) is 2.24. The van der Waals surface area contributed by atoms with E-state index in [1.807, 2.05) is 42.5 Å². The Kier molecular flexibility index (Phi) is 3.90. The summed E-state index contributed by atoms with van der Waals surface area (Å²) in [6.45, 7) is 2.10. The third kappa shape index (κ3) is 2.64. The molecule has 3 rings (SSSR count). The fraction of sp³-hybridized carbons (Fsp3) is 0.125. The molecule has 1 aromatic heterocycles. The van der Waals surface area contributed by atoms with E-state index >= 15 is 0 Å².